The zero-order valence-corrected chi connectivity index (χ0v) is 12.7. The third-order valence-corrected chi connectivity index (χ3v) is 3.10. The van der Waals surface area contributed by atoms with Crippen LogP contribution in [-0.2, 0) is 0 Å². The topological polar surface area (TPSA) is 85.8 Å². The van der Waals surface area contributed by atoms with Gasteiger partial charge in [0.2, 0.25) is 5.82 Å². The molecule has 22 heavy (non-hydrogen) atoms. The van der Waals surface area contributed by atoms with E-state index in [1.54, 1.807) is 18.2 Å². The van der Waals surface area contributed by atoms with Crippen molar-refractivity contribution in [2.75, 3.05) is 13.1 Å². The van der Waals surface area contributed by atoms with Crippen molar-refractivity contribution in [1.82, 2.24) is 20.1 Å². The number of halogens is 1. The number of nitrogens with zero attached hydrogens (tertiary/aromatic N) is 3. The molecule has 0 aliphatic carbocycles. The molecule has 1 amide bonds. The van der Waals surface area contributed by atoms with Crippen molar-refractivity contribution >= 4 is 5.91 Å². The molecule has 0 fully saturated rings. The van der Waals surface area contributed by atoms with Gasteiger partial charge < -0.3 is 11.1 Å². The minimum Gasteiger partial charge on any atom is -0.349 e. The number of hydrogen-bond acceptors (Lipinski definition) is 4. The van der Waals surface area contributed by atoms with Gasteiger partial charge in [0.15, 0.2) is 0 Å². The first kappa shape index (κ1) is 16.1. The van der Waals surface area contributed by atoms with E-state index >= 15 is 0 Å². The molecule has 0 aliphatic heterocycles. The smallest absolute Gasteiger partial charge is 0.290 e. The summed E-state index contributed by atoms with van der Waals surface area (Å²) < 4.78 is 15.4. The highest BCUT2D eigenvalue weighted by Crippen LogP contribution is 2.19. The summed E-state index contributed by atoms with van der Waals surface area (Å²) in [5.41, 5.74) is 5.66. The van der Waals surface area contributed by atoms with Gasteiger partial charge in [-0.3, -0.25) is 4.79 Å². The first-order valence-corrected chi connectivity index (χ1v) is 7.24. The van der Waals surface area contributed by atoms with Crippen LogP contribution >= 0.6 is 0 Å². The van der Waals surface area contributed by atoms with E-state index in [1.807, 2.05) is 13.8 Å². The second-order valence-electron chi connectivity index (χ2n) is 5.21. The third kappa shape index (κ3) is 3.48. The largest absolute Gasteiger partial charge is 0.349 e. The van der Waals surface area contributed by atoms with Gasteiger partial charge in [-0.05, 0) is 25.1 Å². The summed E-state index contributed by atoms with van der Waals surface area (Å²) in [7, 11) is 0. The van der Waals surface area contributed by atoms with Gasteiger partial charge in [-0.1, -0.05) is 26.0 Å². The molecule has 2 aromatic rings. The average molecular weight is 305 g/mol. The van der Waals surface area contributed by atoms with Crippen molar-refractivity contribution in [2.24, 2.45) is 5.73 Å². The summed E-state index contributed by atoms with van der Waals surface area (Å²) in [5, 5.41) is 6.86. The van der Waals surface area contributed by atoms with Crippen LogP contribution in [0.4, 0.5) is 4.39 Å². The Morgan fingerprint density at radius 3 is 2.77 bits per heavy atom. The Hall–Kier alpha value is -2.28. The van der Waals surface area contributed by atoms with Gasteiger partial charge in [0.1, 0.15) is 17.3 Å². The van der Waals surface area contributed by atoms with Gasteiger partial charge in [0.25, 0.3) is 5.91 Å². The maximum atomic E-state index is 14.0. The Morgan fingerprint density at radius 2 is 2.14 bits per heavy atom. The molecule has 118 valence electrons. The van der Waals surface area contributed by atoms with Gasteiger partial charge in [0, 0.05) is 12.5 Å². The number of aromatic nitrogens is 3. The predicted molar refractivity (Wildman–Crippen MR) is 81.4 cm³/mol. The molecule has 0 radical (unpaired) electrons. The van der Waals surface area contributed by atoms with E-state index in [1.165, 1.54) is 10.7 Å². The van der Waals surface area contributed by atoms with Crippen molar-refractivity contribution < 1.29 is 9.18 Å². The Balaban J connectivity index is 2.34. The number of carbonyl (C=O) groups is 1. The molecule has 3 N–H and O–H groups in total. The van der Waals surface area contributed by atoms with Crippen LogP contribution in [0.2, 0.25) is 0 Å². The van der Waals surface area contributed by atoms with Crippen molar-refractivity contribution in [3.05, 3.63) is 41.7 Å². The lowest BCUT2D eigenvalue weighted by atomic mass is 10.2. The highest BCUT2D eigenvalue weighted by Gasteiger charge is 2.20. The molecular formula is C15H20FN5O. The first-order valence-electron chi connectivity index (χ1n) is 7.24. The van der Waals surface area contributed by atoms with Crippen molar-refractivity contribution in [2.45, 2.75) is 26.2 Å². The van der Waals surface area contributed by atoms with Crippen LogP contribution in [0.3, 0.4) is 0 Å². The van der Waals surface area contributed by atoms with Crippen LogP contribution in [0.1, 0.15) is 42.6 Å². The first-order chi connectivity index (χ1) is 10.5. The van der Waals surface area contributed by atoms with Gasteiger partial charge in [0.05, 0.1) is 0 Å². The lowest BCUT2D eigenvalue weighted by molar-refractivity contribution is 0.0943. The molecule has 0 spiro atoms. The minimum atomic E-state index is -0.413. The van der Waals surface area contributed by atoms with E-state index in [-0.39, 0.29) is 23.3 Å². The number of amides is 1. The third-order valence-electron chi connectivity index (χ3n) is 3.10. The van der Waals surface area contributed by atoms with Crippen molar-refractivity contribution in [3.63, 3.8) is 0 Å². The maximum absolute atomic E-state index is 14.0. The van der Waals surface area contributed by atoms with Gasteiger partial charge in [-0.2, -0.15) is 0 Å². The molecule has 7 heteroatoms. The average Bonchev–Trinajstić information content (AvgIpc) is 2.93. The number of hydrogen-bond donors (Lipinski definition) is 2. The Morgan fingerprint density at radius 1 is 1.41 bits per heavy atom. The Kier molecular flexibility index (Phi) is 5.21. The summed E-state index contributed by atoms with van der Waals surface area (Å²) in [6.07, 6.45) is 0.677. The fraction of sp³-hybridized carbons (Fsp3) is 0.400. The second kappa shape index (κ2) is 7.13. The van der Waals surface area contributed by atoms with Crippen LogP contribution in [0.25, 0.3) is 5.69 Å². The molecule has 1 aromatic carbocycles. The zero-order valence-electron chi connectivity index (χ0n) is 12.7. The van der Waals surface area contributed by atoms with E-state index in [0.717, 1.165) is 0 Å². The summed E-state index contributed by atoms with van der Waals surface area (Å²) in [6, 6.07) is 6.27. The van der Waals surface area contributed by atoms with Crippen molar-refractivity contribution in [1.29, 1.82) is 0 Å². The summed E-state index contributed by atoms with van der Waals surface area (Å²) >= 11 is 0. The number of nitrogens with two attached hydrogens (primary N) is 1. The lowest BCUT2D eigenvalue weighted by Gasteiger charge is -2.08. The Labute approximate surface area is 128 Å². The summed E-state index contributed by atoms with van der Waals surface area (Å²) in [6.45, 7) is 4.78. The number of para-hydroxylation sites is 1. The lowest BCUT2D eigenvalue weighted by Crippen LogP contribution is -2.27. The van der Waals surface area contributed by atoms with Gasteiger partial charge in [-0.25, -0.2) is 14.1 Å². The Bertz CT molecular complexity index is 653. The number of rotatable bonds is 6. The molecule has 0 bridgehead atoms. The molecule has 6 nitrogen and oxygen atoms in total. The standard InChI is InChI=1S/C15H20FN5O/c1-10(2)14-19-13(15(22)18-9-5-8-17)20-21(14)12-7-4-3-6-11(12)16/h3-4,6-7,10H,5,8-9,17H2,1-2H3,(H,18,22). The van der Waals surface area contributed by atoms with Crippen LogP contribution in [0.15, 0.2) is 24.3 Å². The van der Waals surface area contributed by atoms with Crippen LogP contribution in [0.5, 0.6) is 0 Å². The minimum absolute atomic E-state index is 0.00213. The predicted octanol–water partition coefficient (Wildman–Crippen LogP) is 1.61. The molecule has 2 rings (SSSR count). The van der Waals surface area contributed by atoms with E-state index in [9.17, 15) is 9.18 Å². The molecular weight excluding hydrogens is 285 g/mol. The van der Waals surface area contributed by atoms with E-state index in [0.29, 0.717) is 25.3 Å². The fourth-order valence-corrected chi connectivity index (χ4v) is 1.98. The van der Waals surface area contributed by atoms with Crippen molar-refractivity contribution in [3.8, 4) is 5.69 Å². The highest BCUT2D eigenvalue weighted by atomic mass is 19.1. The number of carbonyl (C=O) groups excluding carboxylic acids is 1. The number of nitrogens with one attached hydrogen (secondary N) is 1. The molecule has 1 heterocycles. The van der Waals surface area contributed by atoms with Gasteiger partial charge >= 0.3 is 0 Å². The normalized spacial score (nSPS) is 11.0. The van der Waals surface area contributed by atoms with Crippen LogP contribution in [-0.4, -0.2) is 33.8 Å². The van der Waals surface area contributed by atoms with E-state index in [4.69, 9.17) is 5.73 Å². The summed E-state index contributed by atoms with van der Waals surface area (Å²) in [4.78, 5) is 16.3. The molecule has 0 aliphatic rings. The van der Waals surface area contributed by atoms with Crippen LogP contribution in [0, 0.1) is 5.82 Å². The molecule has 1 aromatic heterocycles. The molecule has 0 saturated heterocycles. The van der Waals surface area contributed by atoms with E-state index in [2.05, 4.69) is 15.4 Å². The monoisotopic (exact) mass is 305 g/mol. The number of benzene rings is 1. The molecule has 0 saturated carbocycles. The summed E-state index contributed by atoms with van der Waals surface area (Å²) in [5.74, 6) is -0.231. The highest BCUT2D eigenvalue weighted by molar-refractivity contribution is 5.90. The SMILES string of the molecule is CC(C)c1nc(C(=O)NCCCN)nn1-c1ccccc1F. The molecule has 0 unspecified atom stereocenters. The second-order valence-corrected chi connectivity index (χ2v) is 5.21. The zero-order chi connectivity index (χ0) is 16.1. The van der Waals surface area contributed by atoms with Gasteiger partial charge in [-0.15, -0.1) is 5.10 Å². The van der Waals surface area contributed by atoms with E-state index < -0.39 is 5.82 Å². The maximum Gasteiger partial charge on any atom is 0.290 e. The van der Waals surface area contributed by atoms with Crippen LogP contribution < -0.4 is 11.1 Å². The fourth-order valence-electron chi connectivity index (χ4n) is 1.98. The molecule has 0 atom stereocenters. The quantitative estimate of drug-likeness (QED) is 0.794.